The van der Waals surface area contributed by atoms with Gasteiger partial charge in [0.2, 0.25) is 5.91 Å². The van der Waals surface area contributed by atoms with Gasteiger partial charge < -0.3 is 15.1 Å². The van der Waals surface area contributed by atoms with Gasteiger partial charge in [-0.15, -0.1) is 12.4 Å². The fraction of sp³-hybridized carbons (Fsp3) is 0.429. The second-order valence-electron chi connectivity index (χ2n) is 7.28. The van der Waals surface area contributed by atoms with Gasteiger partial charge in [0.05, 0.1) is 23.7 Å². The molecular weight excluding hydrogens is 406 g/mol. The fourth-order valence-electron chi connectivity index (χ4n) is 3.72. The van der Waals surface area contributed by atoms with Gasteiger partial charge in [0, 0.05) is 25.4 Å². The number of nitro benzene ring substituents is 1. The van der Waals surface area contributed by atoms with E-state index in [1.165, 1.54) is 6.07 Å². The number of benzene rings is 1. The van der Waals surface area contributed by atoms with Crippen LogP contribution in [0.4, 0.5) is 11.4 Å². The molecule has 1 aromatic carbocycles. The predicted octanol–water partition coefficient (Wildman–Crippen LogP) is 3.02. The van der Waals surface area contributed by atoms with Gasteiger partial charge in [0.25, 0.3) is 5.69 Å². The van der Waals surface area contributed by atoms with E-state index in [1.807, 2.05) is 23.1 Å². The Bertz CT molecular complexity index is 828. The van der Waals surface area contributed by atoms with E-state index in [0.29, 0.717) is 12.2 Å². The molecule has 1 atom stereocenters. The quantitative estimate of drug-likeness (QED) is 0.533. The van der Waals surface area contributed by atoms with Crippen molar-refractivity contribution in [1.82, 2.24) is 15.2 Å². The van der Waals surface area contributed by atoms with E-state index in [1.54, 1.807) is 36.3 Å². The molecule has 1 fully saturated rings. The normalized spacial score (nSPS) is 16.1. The van der Waals surface area contributed by atoms with Gasteiger partial charge in [0.15, 0.2) is 0 Å². The van der Waals surface area contributed by atoms with Gasteiger partial charge in [-0.25, -0.2) is 0 Å². The molecule has 0 radical (unpaired) electrons. The summed E-state index contributed by atoms with van der Waals surface area (Å²) in [5, 5.41) is 14.7. The van der Waals surface area contributed by atoms with Crippen molar-refractivity contribution in [2.24, 2.45) is 0 Å². The van der Waals surface area contributed by atoms with Crippen molar-refractivity contribution < 1.29 is 9.72 Å². The van der Waals surface area contributed by atoms with Gasteiger partial charge >= 0.3 is 0 Å². The molecule has 1 unspecified atom stereocenters. The highest BCUT2D eigenvalue weighted by Gasteiger charge is 2.27. The monoisotopic (exact) mass is 433 g/mol. The van der Waals surface area contributed by atoms with Gasteiger partial charge in [-0.3, -0.25) is 19.9 Å². The molecule has 2 aromatic rings. The lowest BCUT2D eigenvalue weighted by Crippen LogP contribution is -2.45. The Morgan fingerprint density at radius 3 is 2.70 bits per heavy atom. The molecule has 1 aliphatic rings. The third kappa shape index (κ3) is 6.14. The molecule has 3 rings (SSSR count). The molecular formula is C21H28ClN5O3. The van der Waals surface area contributed by atoms with Crippen LogP contribution in [0.1, 0.15) is 25.0 Å². The summed E-state index contributed by atoms with van der Waals surface area (Å²) in [6.45, 7) is 2.34. The Labute approximate surface area is 182 Å². The molecule has 8 nitrogen and oxygen atoms in total. The first-order valence-corrected chi connectivity index (χ1v) is 9.91. The maximum atomic E-state index is 13.3. The largest absolute Gasteiger partial charge is 0.360 e. The Morgan fingerprint density at radius 1 is 1.20 bits per heavy atom. The van der Waals surface area contributed by atoms with Gasteiger partial charge in [-0.1, -0.05) is 18.2 Å². The number of amides is 1. The Kier molecular flexibility index (Phi) is 9.01. The molecule has 1 amide bonds. The highest BCUT2D eigenvalue weighted by molar-refractivity contribution is 5.85. The summed E-state index contributed by atoms with van der Waals surface area (Å²) in [5.41, 5.74) is 1.27. The summed E-state index contributed by atoms with van der Waals surface area (Å²) in [7, 11) is 1.72. The minimum Gasteiger partial charge on any atom is -0.360 e. The number of aromatic nitrogens is 1. The van der Waals surface area contributed by atoms with E-state index in [0.717, 1.165) is 38.0 Å². The Morgan fingerprint density at radius 2 is 1.97 bits per heavy atom. The number of pyridine rings is 1. The first-order valence-electron chi connectivity index (χ1n) is 9.91. The maximum absolute atomic E-state index is 13.3. The third-order valence-corrected chi connectivity index (χ3v) is 5.23. The molecule has 0 saturated carbocycles. The summed E-state index contributed by atoms with van der Waals surface area (Å²) in [5.74, 6) is -0.0526. The number of carbonyl (C=O) groups excluding carboxylic acids is 1. The fourth-order valence-corrected chi connectivity index (χ4v) is 3.72. The van der Waals surface area contributed by atoms with Crippen LogP contribution >= 0.6 is 12.4 Å². The Hall–Kier alpha value is -2.71. The number of hydrogen-bond acceptors (Lipinski definition) is 6. The number of likely N-dealkylation sites (N-methyl/N-ethyl adjacent to an activating group) is 1. The number of para-hydroxylation sites is 2. The summed E-state index contributed by atoms with van der Waals surface area (Å²) >= 11 is 0. The van der Waals surface area contributed by atoms with Gasteiger partial charge in [-0.05, 0) is 50.6 Å². The van der Waals surface area contributed by atoms with Crippen LogP contribution in [-0.4, -0.2) is 53.4 Å². The van der Waals surface area contributed by atoms with Crippen LogP contribution in [0.2, 0.25) is 0 Å². The minimum absolute atomic E-state index is 0. The molecule has 0 bridgehead atoms. The number of anilines is 1. The molecule has 1 N–H and O–H groups in total. The lowest BCUT2D eigenvalue weighted by atomic mass is 10.1. The molecule has 30 heavy (non-hydrogen) atoms. The molecule has 9 heteroatoms. The number of nitrogens with zero attached hydrogens (tertiary/aromatic N) is 4. The zero-order chi connectivity index (χ0) is 20.6. The molecule has 1 aliphatic heterocycles. The summed E-state index contributed by atoms with van der Waals surface area (Å²) in [6, 6.07) is 12.3. The van der Waals surface area contributed by atoms with Gasteiger partial charge in [-0.2, -0.15) is 0 Å². The first kappa shape index (κ1) is 23.6. The second-order valence-corrected chi connectivity index (χ2v) is 7.28. The number of rotatable bonds is 7. The number of nitro groups is 1. The average molecular weight is 434 g/mol. The van der Waals surface area contributed by atoms with Crippen molar-refractivity contribution in [1.29, 1.82) is 0 Å². The van der Waals surface area contributed by atoms with Crippen LogP contribution in [0.25, 0.3) is 0 Å². The molecule has 0 aliphatic carbocycles. The topological polar surface area (TPSA) is 91.6 Å². The van der Waals surface area contributed by atoms with E-state index < -0.39 is 4.92 Å². The molecule has 0 spiro atoms. The highest BCUT2D eigenvalue weighted by Crippen LogP contribution is 2.27. The van der Waals surface area contributed by atoms with E-state index in [-0.39, 0.29) is 36.6 Å². The zero-order valence-electron chi connectivity index (χ0n) is 17.1. The van der Waals surface area contributed by atoms with E-state index in [9.17, 15) is 14.9 Å². The third-order valence-electron chi connectivity index (χ3n) is 5.23. The van der Waals surface area contributed by atoms with Crippen molar-refractivity contribution in [3.8, 4) is 0 Å². The number of hydrogen-bond donors (Lipinski definition) is 1. The van der Waals surface area contributed by atoms with Crippen molar-refractivity contribution in [2.75, 3.05) is 31.6 Å². The summed E-state index contributed by atoms with van der Waals surface area (Å²) < 4.78 is 0. The number of halogens is 1. The summed E-state index contributed by atoms with van der Waals surface area (Å²) in [4.78, 5) is 32.1. The van der Waals surface area contributed by atoms with E-state index >= 15 is 0 Å². The summed E-state index contributed by atoms with van der Waals surface area (Å²) in [6.07, 6.45) is 4.55. The van der Waals surface area contributed by atoms with Crippen molar-refractivity contribution in [3.05, 3.63) is 64.5 Å². The van der Waals surface area contributed by atoms with Gasteiger partial charge in [0.1, 0.15) is 5.69 Å². The van der Waals surface area contributed by atoms with Crippen LogP contribution in [0.5, 0.6) is 0 Å². The maximum Gasteiger partial charge on any atom is 0.292 e. The van der Waals surface area contributed by atoms with Crippen molar-refractivity contribution in [3.63, 3.8) is 0 Å². The van der Waals surface area contributed by atoms with Crippen LogP contribution in [-0.2, 0) is 11.3 Å². The minimum atomic E-state index is -0.418. The lowest BCUT2D eigenvalue weighted by Gasteiger charge is -2.32. The van der Waals surface area contributed by atoms with Crippen molar-refractivity contribution in [2.45, 2.75) is 31.8 Å². The second kappa shape index (κ2) is 11.5. The zero-order valence-corrected chi connectivity index (χ0v) is 17.9. The highest BCUT2D eigenvalue weighted by atomic mass is 35.5. The van der Waals surface area contributed by atoms with Crippen LogP contribution in [0, 0.1) is 10.1 Å². The number of carbonyl (C=O) groups is 1. The smallest absolute Gasteiger partial charge is 0.292 e. The van der Waals surface area contributed by atoms with Crippen molar-refractivity contribution >= 4 is 29.7 Å². The lowest BCUT2D eigenvalue weighted by molar-refractivity contribution is -0.384. The molecule has 162 valence electrons. The SMILES string of the molecule is CN(CC(=O)N(Cc1ccccn1)C1CCCNCC1)c1ccccc1[N+](=O)[O-].Cl. The van der Waals surface area contributed by atoms with E-state index in [4.69, 9.17) is 0 Å². The standard InChI is InChI=1S/C21H27N5O3.ClH/c1-24(19-9-2-3-10-20(19)26(28)29)16-21(27)25(15-17-7-4-5-13-23-17)18-8-6-12-22-14-11-18;/h2-5,7,9-10,13,18,22H,6,8,11-12,14-16H2,1H3;1H. The first-order chi connectivity index (χ1) is 14.1. The molecule has 1 aromatic heterocycles. The number of nitrogens with one attached hydrogen (secondary N) is 1. The van der Waals surface area contributed by atoms with Crippen LogP contribution < -0.4 is 10.2 Å². The average Bonchev–Trinajstić information content (AvgIpc) is 3.02. The Balaban J connectivity index is 0.00000320. The molecule has 2 heterocycles. The van der Waals surface area contributed by atoms with Crippen LogP contribution in [0.15, 0.2) is 48.7 Å². The molecule has 1 saturated heterocycles. The van der Waals surface area contributed by atoms with Crippen LogP contribution in [0.3, 0.4) is 0 Å². The van der Waals surface area contributed by atoms with E-state index in [2.05, 4.69) is 10.3 Å². The predicted molar refractivity (Wildman–Crippen MR) is 119 cm³/mol.